The Labute approximate surface area is 137 Å². The van der Waals surface area contributed by atoms with Crippen molar-refractivity contribution in [1.82, 2.24) is 10.2 Å². The average Bonchev–Trinajstić information content (AvgIpc) is 2.85. The second-order valence-electron chi connectivity index (χ2n) is 6.30. The number of piperidine rings is 1. The number of rotatable bonds is 4. The van der Waals surface area contributed by atoms with Gasteiger partial charge in [-0.25, -0.2) is 0 Å². The van der Waals surface area contributed by atoms with Gasteiger partial charge in [-0.15, -0.1) is 0 Å². The van der Waals surface area contributed by atoms with Crippen LogP contribution in [0.4, 0.5) is 5.69 Å². The molecule has 120 valence electrons. The van der Waals surface area contributed by atoms with E-state index >= 15 is 0 Å². The summed E-state index contributed by atoms with van der Waals surface area (Å²) in [6, 6.07) is 7.80. The molecular weight excluding hydrogens is 298 g/mol. The molecule has 5 heteroatoms. The number of hydrogen-bond donors (Lipinski definition) is 1. The van der Waals surface area contributed by atoms with Crippen molar-refractivity contribution in [2.75, 3.05) is 31.2 Å². The number of anilines is 1. The second kappa shape index (κ2) is 6.47. The maximum Gasteiger partial charge on any atom is 0.247 e. The molecule has 2 saturated heterocycles. The normalized spacial score (nSPS) is 21.4. The standard InChI is InChI=1S/C17H24ClN3O/c1-2-3-10-20-11-8-17(9-12-20)16(22)19-13-21(17)15-6-4-14(18)5-7-15/h4-7H,2-3,8-13H2,1H3,(H,19,22). The molecule has 0 atom stereocenters. The number of unbranched alkanes of at least 4 members (excludes halogenated alkanes) is 1. The molecule has 2 heterocycles. The van der Waals surface area contributed by atoms with Crippen molar-refractivity contribution < 1.29 is 4.79 Å². The molecule has 0 radical (unpaired) electrons. The molecule has 1 spiro atoms. The van der Waals surface area contributed by atoms with Crippen LogP contribution in [0, 0.1) is 0 Å². The molecular formula is C17H24ClN3O. The highest BCUT2D eigenvalue weighted by Crippen LogP contribution is 2.36. The minimum Gasteiger partial charge on any atom is -0.339 e. The van der Waals surface area contributed by atoms with Crippen LogP contribution in [0.25, 0.3) is 0 Å². The third-order valence-electron chi connectivity index (χ3n) is 4.99. The number of nitrogens with one attached hydrogen (secondary N) is 1. The molecule has 2 aliphatic heterocycles. The maximum atomic E-state index is 12.5. The van der Waals surface area contributed by atoms with E-state index in [0.29, 0.717) is 6.67 Å². The Morgan fingerprint density at radius 2 is 1.91 bits per heavy atom. The van der Waals surface area contributed by atoms with Gasteiger partial charge in [-0.3, -0.25) is 4.79 Å². The summed E-state index contributed by atoms with van der Waals surface area (Å²) in [6.45, 7) is 5.96. The molecule has 3 rings (SSSR count). The molecule has 0 aromatic heterocycles. The Balaban J connectivity index is 1.75. The van der Waals surface area contributed by atoms with Crippen LogP contribution in [0.5, 0.6) is 0 Å². The van der Waals surface area contributed by atoms with Gasteiger partial charge in [0.05, 0.1) is 6.67 Å². The van der Waals surface area contributed by atoms with E-state index in [1.807, 2.05) is 24.3 Å². The van der Waals surface area contributed by atoms with Gasteiger partial charge in [-0.05, 0) is 50.1 Å². The molecule has 4 nitrogen and oxygen atoms in total. The molecule has 0 saturated carbocycles. The van der Waals surface area contributed by atoms with Gasteiger partial charge in [-0.2, -0.15) is 0 Å². The van der Waals surface area contributed by atoms with Crippen LogP contribution in [-0.4, -0.2) is 42.6 Å². The van der Waals surface area contributed by atoms with Crippen LogP contribution < -0.4 is 10.2 Å². The van der Waals surface area contributed by atoms with Crippen LogP contribution in [0.3, 0.4) is 0 Å². The molecule has 2 aliphatic rings. The first kappa shape index (κ1) is 15.6. The molecule has 0 bridgehead atoms. The largest absolute Gasteiger partial charge is 0.339 e. The second-order valence-corrected chi connectivity index (χ2v) is 6.73. The summed E-state index contributed by atoms with van der Waals surface area (Å²) in [5, 5.41) is 3.76. The van der Waals surface area contributed by atoms with E-state index in [9.17, 15) is 4.79 Å². The van der Waals surface area contributed by atoms with Crippen molar-refractivity contribution in [3.8, 4) is 0 Å². The summed E-state index contributed by atoms with van der Waals surface area (Å²) in [5.74, 6) is 0.178. The lowest BCUT2D eigenvalue weighted by atomic mass is 9.85. The van der Waals surface area contributed by atoms with E-state index in [0.717, 1.165) is 43.2 Å². The summed E-state index contributed by atoms with van der Waals surface area (Å²) in [6.07, 6.45) is 4.25. The predicted molar refractivity (Wildman–Crippen MR) is 90.3 cm³/mol. The number of amides is 1. The Kier molecular flexibility index (Phi) is 4.59. The molecule has 1 aromatic rings. The van der Waals surface area contributed by atoms with Crippen LogP contribution >= 0.6 is 11.6 Å². The molecule has 1 N–H and O–H groups in total. The smallest absolute Gasteiger partial charge is 0.247 e. The first-order valence-electron chi connectivity index (χ1n) is 8.19. The number of halogens is 1. The Bertz CT molecular complexity index is 523. The lowest BCUT2D eigenvalue weighted by molar-refractivity contribution is -0.125. The van der Waals surface area contributed by atoms with Crippen molar-refractivity contribution in [3.63, 3.8) is 0 Å². The zero-order valence-corrected chi connectivity index (χ0v) is 13.9. The summed E-state index contributed by atoms with van der Waals surface area (Å²) >= 11 is 5.98. The summed E-state index contributed by atoms with van der Waals surface area (Å²) < 4.78 is 0. The number of carbonyl (C=O) groups is 1. The van der Waals surface area contributed by atoms with E-state index < -0.39 is 0 Å². The first-order chi connectivity index (χ1) is 10.7. The number of nitrogens with zero attached hydrogens (tertiary/aromatic N) is 2. The average molecular weight is 322 g/mol. The first-order valence-corrected chi connectivity index (χ1v) is 8.57. The van der Waals surface area contributed by atoms with E-state index in [-0.39, 0.29) is 11.4 Å². The topological polar surface area (TPSA) is 35.6 Å². The fraction of sp³-hybridized carbons (Fsp3) is 0.588. The summed E-state index contributed by atoms with van der Waals surface area (Å²) in [5.41, 5.74) is 0.695. The van der Waals surface area contributed by atoms with Crippen LogP contribution in [0.1, 0.15) is 32.6 Å². The van der Waals surface area contributed by atoms with Gasteiger partial charge >= 0.3 is 0 Å². The highest BCUT2D eigenvalue weighted by atomic mass is 35.5. The van der Waals surface area contributed by atoms with Gasteiger partial charge in [0.15, 0.2) is 0 Å². The Morgan fingerprint density at radius 1 is 1.23 bits per heavy atom. The summed E-state index contributed by atoms with van der Waals surface area (Å²) in [7, 11) is 0. The van der Waals surface area contributed by atoms with Crippen LogP contribution in [-0.2, 0) is 4.79 Å². The number of carbonyl (C=O) groups excluding carboxylic acids is 1. The van der Waals surface area contributed by atoms with E-state index in [4.69, 9.17) is 11.6 Å². The van der Waals surface area contributed by atoms with Gasteiger partial charge in [0.2, 0.25) is 5.91 Å². The predicted octanol–water partition coefficient (Wildman–Crippen LogP) is 2.87. The molecule has 1 amide bonds. The van der Waals surface area contributed by atoms with Gasteiger partial charge in [0, 0.05) is 23.8 Å². The van der Waals surface area contributed by atoms with E-state index in [1.54, 1.807) is 0 Å². The van der Waals surface area contributed by atoms with Crippen molar-refractivity contribution in [2.24, 2.45) is 0 Å². The van der Waals surface area contributed by atoms with Crippen molar-refractivity contribution in [3.05, 3.63) is 29.3 Å². The van der Waals surface area contributed by atoms with E-state index in [1.165, 1.54) is 12.8 Å². The fourth-order valence-corrected chi connectivity index (χ4v) is 3.70. The Morgan fingerprint density at radius 3 is 2.55 bits per heavy atom. The zero-order valence-electron chi connectivity index (χ0n) is 13.1. The third kappa shape index (κ3) is 2.82. The fourth-order valence-electron chi connectivity index (χ4n) is 3.57. The quantitative estimate of drug-likeness (QED) is 0.926. The molecule has 1 aromatic carbocycles. The van der Waals surface area contributed by atoms with E-state index in [2.05, 4.69) is 22.0 Å². The number of benzene rings is 1. The summed E-state index contributed by atoms with van der Waals surface area (Å²) in [4.78, 5) is 17.2. The molecule has 22 heavy (non-hydrogen) atoms. The highest BCUT2D eigenvalue weighted by Gasteiger charge is 2.50. The van der Waals surface area contributed by atoms with Crippen molar-refractivity contribution >= 4 is 23.2 Å². The maximum absolute atomic E-state index is 12.5. The van der Waals surface area contributed by atoms with Gasteiger partial charge in [0.25, 0.3) is 0 Å². The molecule has 2 fully saturated rings. The van der Waals surface area contributed by atoms with Gasteiger partial charge in [0.1, 0.15) is 5.54 Å². The van der Waals surface area contributed by atoms with Gasteiger partial charge in [-0.1, -0.05) is 24.9 Å². The van der Waals surface area contributed by atoms with Gasteiger partial charge < -0.3 is 15.1 Å². The number of hydrogen-bond acceptors (Lipinski definition) is 3. The lowest BCUT2D eigenvalue weighted by Crippen LogP contribution is -2.56. The van der Waals surface area contributed by atoms with Crippen molar-refractivity contribution in [1.29, 1.82) is 0 Å². The zero-order chi connectivity index (χ0) is 15.6. The SMILES string of the molecule is CCCCN1CCC2(CC1)C(=O)NCN2c1ccc(Cl)cc1. The van der Waals surface area contributed by atoms with Crippen molar-refractivity contribution in [2.45, 2.75) is 38.1 Å². The molecule has 0 unspecified atom stereocenters. The Hall–Kier alpha value is -1.26. The van der Waals surface area contributed by atoms with Crippen LogP contribution in [0.2, 0.25) is 5.02 Å². The number of likely N-dealkylation sites (tertiary alicyclic amines) is 1. The lowest BCUT2D eigenvalue weighted by Gasteiger charge is -2.43. The third-order valence-corrected chi connectivity index (χ3v) is 5.24. The minimum atomic E-state index is -0.378. The van der Waals surface area contributed by atoms with Crippen LogP contribution in [0.15, 0.2) is 24.3 Å². The molecule has 0 aliphatic carbocycles. The monoisotopic (exact) mass is 321 g/mol. The minimum absolute atomic E-state index is 0.178. The highest BCUT2D eigenvalue weighted by molar-refractivity contribution is 6.30.